The number of rotatable bonds is 4. The van der Waals surface area contributed by atoms with Crippen LogP contribution in [0.3, 0.4) is 0 Å². The summed E-state index contributed by atoms with van der Waals surface area (Å²) in [6, 6.07) is 45.3. The van der Waals surface area contributed by atoms with E-state index in [9.17, 15) is 0 Å². The van der Waals surface area contributed by atoms with Crippen LogP contribution < -0.4 is 0 Å². The van der Waals surface area contributed by atoms with Crippen molar-refractivity contribution in [2.45, 2.75) is 0 Å². The van der Waals surface area contributed by atoms with Gasteiger partial charge in [0, 0.05) is 33.5 Å². The Labute approximate surface area is 251 Å². The highest BCUT2D eigenvalue weighted by atomic mass is 16.3. The highest BCUT2D eigenvalue weighted by Crippen LogP contribution is 2.35. The number of benzene rings is 5. The molecule has 0 spiro atoms. The van der Waals surface area contributed by atoms with Crippen molar-refractivity contribution >= 4 is 43.9 Å². The Morgan fingerprint density at radius 3 is 1.93 bits per heavy atom. The summed E-state index contributed by atoms with van der Waals surface area (Å²) in [5.41, 5.74) is 8.35. The number of fused-ring (bicyclic) bond motifs is 6. The topological polar surface area (TPSA) is 69.6 Å². The van der Waals surface area contributed by atoms with Crippen molar-refractivity contribution in [2.75, 3.05) is 0 Å². The maximum atomic E-state index is 6.16. The summed E-state index contributed by atoms with van der Waals surface area (Å²) >= 11 is 0. The molecule has 0 fully saturated rings. The van der Waals surface area contributed by atoms with Crippen LogP contribution in [-0.4, -0.2) is 24.5 Å². The number of hydrogen-bond donors (Lipinski definition) is 0. The van der Waals surface area contributed by atoms with E-state index in [2.05, 4.69) is 71.3 Å². The van der Waals surface area contributed by atoms with Crippen LogP contribution >= 0.6 is 0 Å². The SMILES string of the molecule is c1ccc(-c2ccc3c(c2)c2ccccc2n3-c2nc(-c3ccccc3)nc(-c3cnc4c(c3)oc3ccccc34)n2)cc1. The van der Waals surface area contributed by atoms with E-state index in [0.29, 0.717) is 23.2 Å². The van der Waals surface area contributed by atoms with Crippen LogP contribution in [-0.2, 0) is 0 Å². The Kier molecular flexibility index (Phi) is 5.40. The highest BCUT2D eigenvalue weighted by molar-refractivity contribution is 6.10. The largest absolute Gasteiger partial charge is 0.454 e. The molecule has 0 aliphatic carbocycles. The highest BCUT2D eigenvalue weighted by Gasteiger charge is 2.19. The molecule has 0 radical (unpaired) electrons. The van der Waals surface area contributed by atoms with E-state index >= 15 is 0 Å². The van der Waals surface area contributed by atoms with Crippen LogP contribution in [0.15, 0.2) is 144 Å². The van der Waals surface area contributed by atoms with Crippen molar-refractivity contribution in [1.82, 2.24) is 24.5 Å². The first-order valence-electron chi connectivity index (χ1n) is 14.5. The Bertz CT molecular complexity index is 2500. The average molecular weight is 566 g/mol. The first-order chi connectivity index (χ1) is 21.8. The Morgan fingerprint density at radius 2 is 1.11 bits per heavy atom. The summed E-state index contributed by atoms with van der Waals surface area (Å²) in [7, 11) is 0. The van der Waals surface area contributed by atoms with E-state index in [-0.39, 0.29) is 0 Å². The maximum absolute atomic E-state index is 6.16. The van der Waals surface area contributed by atoms with E-state index in [4.69, 9.17) is 24.4 Å². The summed E-state index contributed by atoms with van der Waals surface area (Å²) < 4.78 is 8.29. The molecule has 206 valence electrons. The monoisotopic (exact) mass is 565 g/mol. The molecular weight excluding hydrogens is 542 g/mol. The smallest absolute Gasteiger partial charge is 0.238 e. The molecule has 0 saturated heterocycles. The van der Waals surface area contributed by atoms with Gasteiger partial charge in [0.1, 0.15) is 11.1 Å². The lowest BCUT2D eigenvalue weighted by Crippen LogP contribution is -2.06. The molecule has 4 heterocycles. The van der Waals surface area contributed by atoms with Crippen molar-refractivity contribution < 1.29 is 4.42 Å². The van der Waals surface area contributed by atoms with Gasteiger partial charge in [0.05, 0.1) is 11.0 Å². The van der Waals surface area contributed by atoms with Gasteiger partial charge in [-0.1, -0.05) is 97.1 Å². The number of hydrogen-bond acceptors (Lipinski definition) is 5. The van der Waals surface area contributed by atoms with Gasteiger partial charge in [-0.05, 0) is 47.5 Å². The summed E-state index contributed by atoms with van der Waals surface area (Å²) in [6.45, 7) is 0. The quantitative estimate of drug-likeness (QED) is 0.213. The molecule has 44 heavy (non-hydrogen) atoms. The van der Waals surface area contributed by atoms with Gasteiger partial charge in [-0.3, -0.25) is 9.55 Å². The third kappa shape index (κ3) is 3.89. The molecule has 0 bridgehead atoms. The first kappa shape index (κ1) is 24.5. The zero-order valence-electron chi connectivity index (χ0n) is 23.4. The normalized spacial score (nSPS) is 11.6. The molecule has 0 unspecified atom stereocenters. The fourth-order valence-corrected chi connectivity index (χ4v) is 6.03. The van der Waals surface area contributed by atoms with Crippen molar-refractivity contribution in [3.8, 4) is 39.9 Å². The number of nitrogens with zero attached hydrogens (tertiary/aromatic N) is 5. The van der Waals surface area contributed by atoms with E-state index in [1.54, 1.807) is 0 Å². The van der Waals surface area contributed by atoms with Gasteiger partial charge in [0.15, 0.2) is 17.2 Å². The van der Waals surface area contributed by atoms with Gasteiger partial charge in [-0.2, -0.15) is 9.97 Å². The number of aromatic nitrogens is 5. The first-order valence-corrected chi connectivity index (χ1v) is 14.5. The van der Waals surface area contributed by atoms with Crippen LogP contribution in [0.2, 0.25) is 0 Å². The molecule has 9 rings (SSSR count). The Morgan fingerprint density at radius 1 is 0.455 bits per heavy atom. The van der Waals surface area contributed by atoms with E-state index < -0.39 is 0 Å². The third-order valence-corrected chi connectivity index (χ3v) is 8.11. The molecule has 0 aliphatic heterocycles. The van der Waals surface area contributed by atoms with Gasteiger partial charge in [-0.25, -0.2) is 4.98 Å². The van der Waals surface area contributed by atoms with Crippen molar-refractivity contribution in [3.63, 3.8) is 0 Å². The van der Waals surface area contributed by atoms with Gasteiger partial charge in [0.2, 0.25) is 5.95 Å². The summed E-state index contributed by atoms with van der Waals surface area (Å²) in [5, 5.41) is 3.25. The second-order valence-corrected chi connectivity index (χ2v) is 10.8. The Hall–Kier alpha value is -6.14. The molecule has 6 heteroatoms. The minimum Gasteiger partial charge on any atom is -0.454 e. The zero-order chi connectivity index (χ0) is 29.0. The summed E-state index contributed by atoms with van der Waals surface area (Å²) in [5.74, 6) is 1.65. The molecule has 5 aromatic carbocycles. The molecular formula is C38H23N5O. The lowest BCUT2D eigenvalue weighted by atomic mass is 10.0. The Balaban J connectivity index is 1.29. The van der Waals surface area contributed by atoms with Crippen LogP contribution in [0.1, 0.15) is 0 Å². The van der Waals surface area contributed by atoms with Gasteiger partial charge < -0.3 is 4.42 Å². The van der Waals surface area contributed by atoms with Crippen molar-refractivity contribution in [1.29, 1.82) is 0 Å². The molecule has 9 aromatic rings. The molecule has 0 N–H and O–H groups in total. The second-order valence-electron chi connectivity index (χ2n) is 10.8. The molecule has 0 aliphatic rings. The third-order valence-electron chi connectivity index (χ3n) is 8.11. The fraction of sp³-hybridized carbons (Fsp3) is 0. The molecule has 0 saturated carbocycles. The fourth-order valence-electron chi connectivity index (χ4n) is 6.03. The molecule has 6 nitrogen and oxygen atoms in total. The standard InChI is InChI=1S/C38H23N5O/c1-3-11-24(12-4-1)26-19-20-32-30(21-26)28-15-7-9-17-31(28)43(32)38-41-36(25-13-5-2-6-14-25)40-37(42-38)27-22-34-35(39-23-27)29-16-8-10-18-33(29)44-34/h1-23H. The number of pyridine rings is 1. The number of para-hydroxylation sites is 2. The average Bonchev–Trinajstić information content (AvgIpc) is 3.64. The summed E-state index contributed by atoms with van der Waals surface area (Å²) in [4.78, 5) is 19.8. The maximum Gasteiger partial charge on any atom is 0.238 e. The molecule has 4 aromatic heterocycles. The second kappa shape index (κ2) is 9.71. The molecule has 0 atom stereocenters. The van der Waals surface area contributed by atoms with Gasteiger partial charge in [0.25, 0.3) is 0 Å². The minimum atomic E-state index is 0.524. The lowest BCUT2D eigenvalue weighted by molar-refractivity contribution is 0.668. The number of furan rings is 1. The van der Waals surface area contributed by atoms with E-state index in [1.165, 1.54) is 5.56 Å². The van der Waals surface area contributed by atoms with Crippen LogP contribution in [0.5, 0.6) is 0 Å². The van der Waals surface area contributed by atoms with E-state index in [1.807, 2.05) is 72.9 Å². The minimum absolute atomic E-state index is 0.524. The van der Waals surface area contributed by atoms with Crippen LogP contribution in [0, 0.1) is 0 Å². The predicted octanol–water partition coefficient (Wildman–Crippen LogP) is 9.26. The van der Waals surface area contributed by atoms with Gasteiger partial charge in [-0.15, -0.1) is 0 Å². The van der Waals surface area contributed by atoms with E-state index in [0.717, 1.165) is 55.0 Å². The zero-order valence-corrected chi connectivity index (χ0v) is 23.4. The van der Waals surface area contributed by atoms with Crippen LogP contribution in [0.4, 0.5) is 0 Å². The van der Waals surface area contributed by atoms with Crippen molar-refractivity contribution in [3.05, 3.63) is 140 Å². The summed E-state index contributed by atoms with van der Waals surface area (Å²) in [6.07, 6.45) is 1.82. The predicted molar refractivity (Wildman–Crippen MR) is 176 cm³/mol. The lowest BCUT2D eigenvalue weighted by Gasteiger charge is -2.11. The van der Waals surface area contributed by atoms with Crippen molar-refractivity contribution in [2.24, 2.45) is 0 Å². The van der Waals surface area contributed by atoms with Gasteiger partial charge >= 0.3 is 0 Å². The molecule has 0 amide bonds. The van der Waals surface area contributed by atoms with Crippen LogP contribution in [0.25, 0.3) is 83.7 Å².